The second-order valence-electron chi connectivity index (χ2n) is 9.10. The molecule has 0 saturated carbocycles. The molecular weight excluding hydrogens is 450 g/mol. The molecule has 6 nitrogen and oxygen atoms in total. The molecule has 1 aliphatic rings. The summed E-state index contributed by atoms with van der Waals surface area (Å²) in [6.07, 6.45) is 1.25. The zero-order valence-electron chi connectivity index (χ0n) is 20.3. The minimum atomic E-state index is -0.873. The van der Waals surface area contributed by atoms with Crippen LogP contribution < -0.4 is 10.3 Å². The summed E-state index contributed by atoms with van der Waals surface area (Å²) in [5, 5.41) is 9.18. The molecule has 0 spiro atoms. The smallest absolute Gasteiger partial charge is 0.303 e. The highest BCUT2D eigenvalue weighted by Crippen LogP contribution is 2.28. The van der Waals surface area contributed by atoms with Crippen molar-refractivity contribution >= 4 is 17.6 Å². The Kier molecular flexibility index (Phi) is 6.58. The molecule has 2 heterocycles. The predicted octanol–water partition coefficient (Wildman–Crippen LogP) is 5.64. The second kappa shape index (κ2) is 10.1. The summed E-state index contributed by atoms with van der Waals surface area (Å²) in [7, 11) is 0. The van der Waals surface area contributed by atoms with Gasteiger partial charge in [0.25, 0.3) is 5.91 Å². The molecule has 0 bridgehead atoms. The van der Waals surface area contributed by atoms with Gasteiger partial charge in [0.15, 0.2) is 0 Å². The van der Waals surface area contributed by atoms with Gasteiger partial charge in [0.2, 0.25) is 0 Å². The molecule has 3 aromatic carbocycles. The van der Waals surface area contributed by atoms with Gasteiger partial charge >= 0.3 is 5.97 Å². The molecule has 1 aromatic heterocycles. The Balaban J connectivity index is 1.36. The normalized spacial score (nSPS) is 12.4. The second-order valence-corrected chi connectivity index (χ2v) is 9.10. The average Bonchev–Trinajstić information content (AvgIpc) is 3.52. The zero-order valence-corrected chi connectivity index (χ0v) is 20.3. The van der Waals surface area contributed by atoms with E-state index in [1.165, 1.54) is 16.7 Å². The summed E-state index contributed by atoms with van der Waals surface area (Å²) < 4.78 is 1.72. The molecule has 4 aromatic rings. The highest BCUT2D eigenvalue weighted by Gasteiger charge is 2.19. The number of carbonyl (C=O) groups excluding carboxylic acids is 1. The Bertz CT molecular complexity index is 1360. The van der Waals surface area contributed by atoms with Crippen molar-refractivity contribution in [3.8, 4) is 11.3 Å². The topological polar surface area (TPSA) is 74.6 Å². The van der Waals surface area contributed by atoms with E-state index in [4.69, 9.17) is 0 Å². The summed E-state index contributed by atoms with van der Waals surface area (Å²) in [5.74, 6) is -1.12. The lowest BCUT2D eigenvalue weighted by atomic mass is 10.1. The fraction of sp³-hybridized carbons (Fsp3) is 0.200. The molecule has 0 aliphatic carbocycles. The van der Waals surface area contributed by atoms with Gasteiger partial charge < -0.3 is 10.0 Å². The summed E-state index contributed by atoms with van der Waals surface area (Å²) >= 11 is 0. The van der Waals surface area contributed by atoms with Crippen molar-refractivity contribution in [3.05, 3.63) is 113 Å². The first-order chi connectivity index (χ1) is 17.5. The van der Waals surface area contributed by atoms with E-state index in [2.05, 4.69) is 53.6 Å². The third kappa shape index (κ3) is 4.89. The van der Waals surface area contributed by atoms with Crippen LogP contribution in [0.4, 0.5) is 5.69 Å². The zero-order chi connectivity index (χ0) is 25.1. The van der Waals surface area contributed by atoms with Crippen molar-refractivity contribution in [1.82, 2.24) is 4.68 Å². The van der Waals surface area contributed by atoms with E-state index in [1.54, 1.807) is 4.68 Å². The van der Waals surface area contributed by atoms with Gasteiger partial charge in [-0.05, 0) is 59.5 Å². The van der Waals surface area contributed by atoms with Gasteiger partial charge in [0.1, 0.15) is 0 Å². The van der Waals surface area contributed by atoms with Gasteiger partial charge in [0.05, 0.1) is 12.1 Å². The number of carbonyl (C=O) groups is 2. The molecule has 6 heteroatoms. The molecule has 0 fully saturated rings. The number of anilines is 1. The standard InChI is InChI=1S/C30H29N3O3/c1-2-21-7-9-22(10-8-21)28-17-15-27(16-18-29(34)35)33(28)31-30(36)23-11-13-26(14-12-23)32-19-24-5-3-4-6-25(24)20-32/h3-15,17H,2,16,18-20H2,1H3,(H,31,36)(H,34,35). The van der Waals surface area contributed by atoms with Crippen molar-refractivity contribution in [2.75, 3.05) is 10.3 Å². The molecular formula is C30H29N3O3. The number of aliphatic carboxylic acids is 1. The summed E-state index contributed by atoms with van der Waals surface area (Å²) in [5.41, 5.74) is 11.0. The van der Waals surface area contributed by atoms with E-state index in [0.29, 0.717) is 12.0 Å². The van der Waals surface area contributed by atoms with Crippen molar-refractivity contribution in [3.63, 3.8) is 0 Å². The van der Waals surface area contributed by atoms with Gasteiger partial charge in [-0.15, -0.1) is 0 Å². The monoisotopic (exact) mass is 479 g/mol. The Morgan fingerprint density at radius 3 is 2.14 bits per heavy atom. The van der Waals surface area contributed by atoms with Gasteiger partial charge in [-0.1, -0.05) is 55.5 Å². The van der Waals surface area contributed by atoms with Crippen LogP contribution in [0.15, 0.2) is 84.9 Å². The molecule has 0 saturated heterocycles. The number of aromatic nitrogens is 1. The molecule has 182 valence electrons. The summed E-state index contributed by atoms with van der Waals surface area (Å²) in [6.45, 7) is 3.83. The number of aryl methyl sites for hydroxylation is 2. The van der Waals surface area contributed by atoms with E-state index < -0.39 is 5.97 Å². The van der Waals surface area contributed by atoms with Crippen LogP contribution in [0.2, 0.25) is 0 Å². The van der Waals surface area contributed by atoms with Crippen molar-refractivity contribution < 1.29 is 14.7 Å². The van der Waals surface area contributed by atoms with Crippen LogP contribution in [0.3, 0.4) is 0 Å². The number of rotatable bonds is 8. The highest BCUT2D eigenvalue weighted by atomic mass is 16.4. The van der Waals surface area contributed by atoms with Crippen LogP contribution in [-0.4, -0.2) is 21.7 Å². The lowest BCUT2D eigenvalue weighted by Gasteiger charge is -2.18. The molecule has 0 atom stereocenters. The third-order valence-corrected chi connectivity index (χ3v) is 6.76. The SMILES string of the molecule is CCc1ccc(-c2ccc(CCC(=O)O)n2NC(=O)c2ccc(N3Cc4ccccc4C3)cc2)cc1. The summed E-state index contributed by atoms with van der Waals surface area (Å²) in [6, 6.07) is 28.1. The minimum absolute atomic E-state index is 0.0129. The fourth-order valence-corrected chi connectivity index (χ4v) is 4.68. The lowest BCUT2D eigenvalue weighted by Crippen LogP contribution is -2.25. The van der Waals surface area contributed by atoms with Gasteiger partial charge in [-0.2, -0.15) is 0 Å². The van der Waals surface area contributed by atoms with E-state index in [9.17, 15) is 14.7 Å². The lowest BCUT2D eigenvalue weighted by molar-refractivity contribution is -0.136. The maximum absolute atomic E-state index is 13.2. The number of hydrogen-bond donors (Lipinski definition) is 2. The molecule has 36 heavy (non-hydrogen) atoms. The number of benzene rings is 3. The Labute approximate surface area is 210 Å². The van der Waals surface area contributed by atoms with Gasteiger partial charge in [-0.3, -0.25) is 19.7 Å². The van der Waals surface area contributed by atoms with Crippen LogP contribution in [-0.2, 0) is 30.7 Å². The van der Waals surface area contributed by atoms with Gasteiger partial charge in [0, 0.05) is 42.0 Å². The first-order valence-electron chi connectivity index (χ1n) is 12.3. The number of carboxylic acids is 1. The van der Waals surface area contributed by atoms with Crippen molar-refractivity contribution in [2.24, 2.45) is 0 Å². The first-order valence-corrected chi connectivity index (χ1v) is 12.3. The molecule has 0 unspecified atom stereocenters. The number of amides is 1. The van der Waals surface area contributed by atoms with E-state index in [1.807, 2.05) is 48.5 Å². The number of hydrogen-bond acceptors (Lipinski definition) is 3. The van der Waals surface area contributed by atoms with E-state index in [-0.39, 0.29) is 12.3 Å². The maximum atomic E-state index is 13.2. The first kappa shape index (κ1) is 23.4. The van der Waals surface area contributed by atoms with Crippen LogP contribution in [0, 0.1) is 0 Å². The van der Waals surface area contributed by atoms with Crippen LogP contribution in [0.25, 0.3) is 11.3 Å². The third-order valence-electron chi connectivity index (χ3n) is 6.76. The van der Waals surface area contributed by atoms with E-state index in [0.717, 1.165) is 42.1 Å². The van der Waals surface area contributed by atoms with Gasteiger partial charge in [-0.25, -0.2) is 0 Å². The fourth-order valence-electron chi connectivity index (χ4n) is 4.68. The average molecular weight is 480 g/mol. The van der Waals surface area contributed by atoms with Crippen molar-refractivity contribution in [2.45, 2.75) is 39.3 Å². The summed E-state index contributed by atoms with van der Waals surface area (Å²) in [4.78, 5) is 26.7. The van der Waals surface area contributed by atoms with E-state index >= 15 is 0 Å². The van der Waals surface area contributed by atoms with Crippen molar-refractivity contribution in [1.29, 1.82) is 0 Å². The molecule has 5 rings (SSSR count). The quantitative estimate of drug-likeness (QED) is 0.343. The maximum Gasteiger partial charge on any atom is 0.303 e. The number of nitrogens with zero attached hydrogens (tertiary/aromatic N) is 2. The number of carboxylic acid groups (broad SMARTS) is 1. The number of fused-ring (bicyclic) bond motifs is 1. The number of nitrogens with one attached hydrogen (secondary N) is 1. The minimum Gasteiger partial charge on any atom is -0.481 e. The van der Waals surface area contributed by atoms with Crippen LogP contribution in [0.5, 0.6) is 0 Å². The molecule has 0 radical (unpaired) electrons. The Morgan fingerprint density at radius 2 is 1.53 bits per heavy atom. The molecule has 2 N–H and O–H groups in total. The Hall–Kier alpha value is -4.32. The molecule has 1 amide bonds. The van der Waals surface area contributed by atoms with Crippen LogP contribution in [0.1, 0.15) is 46.1 Å². The Morgan fingerprint density at radius 1 is 0.861 bits per heavy atom. The van der Waals surface area contributed by atoms with Crippen LogP contribution >= 0.6 is 0 Å². The highest BCUT2D eigenvalue weighted by molar-refractivity contribution is 6.00. The predicted molar refractivity (Wildman–Crippen MR) is 142 cm³/mol. The molecule has 1 aliphatic heterocycles. The largest absolute Gasteiger partial charge is 0.481 e.